The fourth-order valence-electron chi connectivity index (χ4n) is 1.84. The highest BCUT2D eigenvalue weighted by Gasteiger charge is 2.16. The van der Waals surface area contributed by atoms with Crippen molar-refractivity contribution in [3.05, 3.63) is 30.9 Å². The molecule has 2 rings (SSSR count). The Hall–Kier alpha value is -2.37. The van der Waals surface area contributed by atoms with Crippen molar-refractivity contribution in [2.45, 2.75) is 39.8 Å². The summed E-state index contributed by atoms with van der Waals surface area (Å²) in [7, 11) is 0. The second kappa shape index (κ2) is 5.95. The van der Waals surface area contributed by atoms with Gasteiger partial charge in [0.2, 0.25) is 0 Å². The van der Waals surface area contributed by atoms with Crippen LogP contribution in [0.1, 0.15) is 27.7 Å². The Bertz CT molecular complexity index is 611. The number of carbonyl (C=O) groups excluding carboxylic acids is 1. The number of imidazole rings is 1. The van der Waals surface area contributed by atoms with Gasteiger partial charge >= 0.3 is 6.09 Å². The molecule has 0 bridgehead atoms. The maximum absolute atomic E-state index is 11.7. The Labute approximate surface area is 124 Å². The van der Waals surface area contributed by atoms with Crippen molar-refractivity contribution in [1.29, 1.82) is 0 Å². The Morgan fingerprint density at radius 2 is 2.10 bits per heavy atom. The van der Waals surface area contributed by atoms with Crippen LogP contribution in [0.4, 0.5) is 10.6 Å². The summed E-state index contributed by atoms with van der Waals surface area (Å²) in [5.41, 5.74) is 1.41. The van der Waals surface area contributed by atoms with Crippen LogP contribution in [0.15, 0.2) is 30.9 Å². The van der Waals surface area contributed by atoms with Crippen molar-refractivity contribution in [2.75, 3.05) is 5.32 Å². The van der Waals surface area contributed by atoms with Gasteiger partial charge in [-0.25, -0.2) is 14.8 Å². The lowest BCUT2D eigenvalue weighted by molar-refractivity contribution is 0.0635. The lowest BCUT2D eigenvalue weighted by atomic mass is 10.2. The van der Waals surface area contributed by atoms with E-state index in [4.69, 9.17) is 4.74 Å². The van der Waals surface area contributed by atoms with E-state index >= 15 is 0 Å². The summed E-state index contributed by atoms with van der Waals surface area (Å²) in [6, 6.07) is 3.63. The number of amides is 1. The van der Waals surface area contributed by atoms with E-state index in [0.717, 1.165) is 17.8 Å². The van der Waals surface area contributed by atoms with Crippen molar-refractivity contribution in [1.82, 2.24) is 14.5 Å². The van der Waals surface area contributed by atoms with E-state index < -0.39 is 11.7 Å². The summed E-state index contributed by atoms with van der Waals surface area (Å²) in [6.07, 6.45) is 4.76. The highest BCUT2D eigenvalue weighted by Crippen LogP contribution is 2.19. The van der Waals surface area contributed by atoms with Crippen LogP contribution >= 0.6 is 0 Å². The molecule has 2 heterocycles. The van der Waals surface area contributed by atoms with Gasteiger partial charge in [0.05, 0.1) is 18.2 Å². The predicted octanol–water partition coefficient (Wildman–Crippen LogP) is 3.31. The fourth-order valence-corrected chi connectivity index (χ4v) is 1.84. The molecule has 0 spiro atoms. The monoisotopic (exact) mass is 288 g/mol. The minimum atomic E-state index is -0.530. The number of carbonyl (C=O) groups is 1. The molecule has 2 aromatic rings. The molecule has 0 atom stereocenters. The van der Waals surface area contributed by atoms with Crippen molar-refractivity contribution < 1.29 is 9.53 Å². The Morgan fingerprint density at radius 3 is 2.67 bits per heavy atom. The number of hydrogen-bond acceptors (Lipinski definition) is 4. The van der Waals surface area contributed by atoms with E-state index in [-0.39, 0.29) is 0 Å². The zero-order valence-electron chi connectivity index (χ0n) is 12.8. The van der Waals surface area contributed by atoms with Gasteiger partial charge in [0.25, 0.3) is 0 Å². The number of pyridine rings is 1. The summed E-state index contributed by atoms with van der Waals surface area (Å²) in [6.45, 7) is 8.34. The second-order valence-electron chi connectivity index (χ2n) is 5.62. The van der Waals surface area contributed by atoms with Crippen LogP contribution in [0, 0.1) is 0 Å². The van der Waals surface area contributed by atoms with Gasteiger partial charge in [0, 0.05) is 18.3 Å². The van der Waals surface area contributed by atoms with Crippen molar-refractivity contribution in [3.63, 3.8) is 0 Å². The van der Waals surface area contributed by atoms with Crippen molar-refractivity contribution in [2.24, 2.45) is 0 Å². The molecule has 0 aliphatic carbocycles. The molecule has 6 nitrogen and oxygen atoms in total. The molecule has 2 aromatic heterocycles. The lowest BCUT2D eigenvalue weighted by Gasteiger charge is -2.19. The first-order chi connectivity index (χ1) is 9.89. The van der Waals surface area contributed by atoms with Crippen LogP contribution in [0.25, 0.3) is 11.3 Å². The van der Waals surface area contributed by atoms with E-state index in [9.17, 15) is 4.79 Å². The van der Waals surface area contributed by atoms with Gasteiger partial charge in [-0.3, -0.25) is 5.32 Å². The molecular formula is C15H20N4O2. The SMILES string of the molecule is CCn1cncc1-c1ccc(NC(=O)OC(C)(C)C)nc1. The minimum absolute atomic E-state index is 0.454. The number of aryl methyl sites for hydroxylation is 1. The molecule has 0 aromatic carbocycles. The average molecular weight is 288 g/mol. The molecular weight excluding hydrogens is 268 g/mol. The highest BCUT2D eigenvalue weighted by atomic mass is 16.6. The molecule has 1 N–H and O–H groups in total. The third kappa shape index (κ3) is 4.05. The summed E-state index contributed by atoms with van der Waals surface area (Å²) in [4.78, 5) is 20.0. The quantitative estimate of drug-likeness (QED) is 0.940. The molecule has 112 valence electrons. The average Bonchev–Trinajstić information content (AvgIpc) is 2.85. The first kappa shape index (κ1) is 15.0. The predicted molar refractivity (Wildman–Crippen MR) is 81.0 cm³/mol. The van der Waals surface area contributed by atoms with Gasteiger partial charge in [0.15, 0.2) is 0 Å². The Kier molecular flexibility index (Phi) is 4.26. The molecule has 0 saturated carbocycles. The van der Waals surface area contributed by atoms with Crippen LogP contribution in [-0.2, 0) is 11.3 Å². The number of aromatic nitrogens is 3. The van der Waals surface area contributed by atoms with Crippen molar-refractivity contribution in [3.8, 4) is 11.3 Å². The molecule has 1 amide bonds. The van der Waals surface area contributed by atoms with E-state index in [1.807, 2.05) is 31.4 Å². The third-order valence-corrected chi connectivity index (χ3v) is 2.74. The minimum Gasteiger partial charge on any atom is -0.444 e. The number of nitrogens with zero attached hydrogens (tertiary/aromatic N) is 3. The van der Waals surface area contributed by atoms with Crippen LogP contribution in [-0.4, -0.2) is 26.2 Å². The molecule has 0 radical (unpaired) electrons. The van der Waals surface area contributed by atoms with E-state index in [1.165, 1.54) is 0 Å². The van der Waals surface area contributed by atoms with Gasteiger partial charge in [-0.15, -0.1) is 0 Å². The van der Waals surface area contributed by atoms with Gasteiger partial charge in [-0.2, -0.15) is 0 Å². The van der Waals surface area contributed by atoms with Crippen LogP contribution in [0.3, 0.4) is 0 Å². The Balaban J connectivity index is 2.08. The molecule has 0 aliphatic heterocycles. The van der Waals surface area contributed by atoms with Crippen molar-refractivity contribution >= 4 is 11.9 Å². The summed E-state index contributed by atoms with van der Waals surface area (Å²) >= 11 is 0. The summed E-state index contributed by atoms with van der Waals surface area (Å²) in [5.74, 6) is 0.454. The maximum atomic E-state index is 11.7. The number of nitrogens with one attached hydrogen (secondary N) is 1. The zero-order valence-corrected chi connectivity index (χ0v) is 12.8. The Morgan fingerprint density at radius 1 is 1.33 bits per heavy atom. The zero-order chi connectivity index (χ0) is 15.5. The van der Waals surface area contributed by atoms with Crippen LogP contribution in [0.2, 0.25) is 0 Å². The van der Waals surface area contributed by atoms with Crippen LogP contribution in [0.5, 0.6) is 0 Å². The number of anilines is 1. The molecule has 0 fully saturated rings. The standard InChI is InChI=1S/C15H20N4O2/c1-5-19-10-16-9-12(19)11-6-7-13(17-8-11)18-14(20)21-15(2,3)4/h6-10H,5H2,1-4H3,(H,17,18,20). The van der Waals surface area contributed by atoms with E-state index in [2.05, 4.69) is 22.2 Å². The third-order valence-electron chi connectivity index (χ3n) is 2.74. The van der Waals surface area contributed by atoms with E-state index in [1.54, 1.807) is 24.8 Å². The highest BCUT2D eigenvalue weighted by molar-refractivity contribution is 5.83. The van der Waals surface area contributed by atoms with Gasteiger partial charge in [-0.05, 0) is 39.8 Å². The molecule has 21 heavy (non-hydrogen) atoms. The van der Waals surface area contributed by atoms with Crippen LogP contribution < -0.4 is 5.32 Å². The molecule has 0 unspecified atom stereocenters. The maximum Gasteiger partial charge on any atom is 0.413 e. The summed E-state index contributed by atoms with van der Waals surface area (Å²) < 4.78 is 7.20. The largest absolute Gasteiger partial charge is 0.444 e. The number of rotatable bonds is 3. The number of ether oxygens (including phenoxy) is 1. The van der Waals surface area contributed by atoms with Gasteiger partial charge < -0.3 is 9.30 Å². The topological polar surface area (TPSA) is 69.0 Å². The normalized spacial score (nSPS) is 11.2. The first-order valence-electron chi connectivity index (χ1n) is 6.85. The molecule has 6 heteroatoms. The smallest absolute Gasteiger partial charge is 0.413 e. The fraction of sp³-hybridized carbons (Fsp3) is 0.400. The second-order valence-corrected chi connectivity index (χ2v) is 5.62. The summed E-state index contributed by atoms with van der Waals surface area (Å²) in [5, 5.41) is 2.60. The molecule has 0 aliphatic rings. The number of hydrogen-bond donors (Lipinski definition) is 1. The molecule has 0 saturated heterocycles. The lowest BCUT2D eigenvalue weighted by Crippen LogP contribution is -2.27. The first-order valence-corrected chi connectivity index (χ1v) is 6.85. The van der Waals surface area contributed by atoms with E-state index in [0.29, 0.717) is 5.82 Å². The van der Waals surface area contributed by atoms with Gasteiger partial charge in [0.1, 0.15) is 11.4 Å². The van der Waals surface area contributed by atoms with Gasteiger partial charge in [-0.1, -0.05) is 0 Å².